The Bertz CT molecular complexity index is 1060. The van der Waals surface area contributed by atoms with Crippen LogP contribution in [0.4, 0.5) is 0 Å². The highest BCUT2D eigenvalue weighted by molar-refractivity contribution is 7.89. The van der Waals surface area contributed by atoms with Gasteiger partial charge in [0.2, 0.25) is 10.0 Å². The number of sulfonamides is 1. The van der Waals surface area contributed by atoms with Crippen LogP contribution in [-0.2, 0) is 22.5 Å². The monoisotopic (exact) mass is 384 g/mol. The molecule has 142 valence electrons. The van der Waals surface area contributed by atoms with Gasteiger partial charge < -0.3 is 9.30 Å². The van der Waals surface area contributed by atoms with Crippen molar-refractivity contribution in [2.24, 2.45) is 7.05 Å². The number of nitrogens with zero attached hydrogens (tertiary/aromatic N) is 1. The molecule has 0 bridgehead atoms. The van der Waals surface area contributed by atoms with Gasteiger partial charge in [0.15, 0.2) is 0 Å². The van der Waals surface area contributed by atoms with E-state index in [4.69, 9.17) is 4.74 Å². The second-order valence-electron chi connectivity index (χ2n) is 7.18. The van der Waals surface area contributed by atoms with Crippen LogP contribution in [0.1, 0.15) is 25.3 Å². The number of benzene rings is 2. The maximum Gasteiger partial charge on any atom is 0.240 e. The van der Waals surface area contributed by atoms with Gasteiger partial charge in [-0.2, -0.15) is 0 Å². The van der Waals surface area contributed by atoms with Gasteiger partial charge in [0.05, 0.1) is 11.5 Å². The average Bonchev–Trinajstić information content (AvgIpc) is 3.39. The summed E-state index contributed by atoms with van der Waals surface area (Å²) in [7, 11) is -1.52. The van der Waals surface area contributed by atoms with Crippen molar-refractivity contribution >= 4 is 20.9 Å². The normalized spacial score (nSPS) is 15.8. The lowest BCUT2D eigenvalue weighted by Gasteiger charge is -2.16. The van der Waals surface area contributed by atoms with E-state index >= 15 is 0 Å². The number of rotatable bonds is 7. The molecule has 1 aliphatic rings. The predicted octanol–water partition coefficient (Wildman–Crippen LogP) is 3.59. The molecule has 0 aliphatic heterocycles. The van der Waals surface area contributed by atoms with E-state index in [9.17, 15) is 8.42 Å². The van der Waals surface area contributed by atoms with Crippen molar-refractivity contribution in [2.75, 3.05) is 13.2 Å². The summed E-state index contributed by atoms with van der Waals surface area (Å²) in [5.74, 6) is 0.672. The zero-order valence-corrected chi connectivity index (χ0v) is 16.4. The SMILES string of the molecule is CCOc1ccc(S(=O)(=O)NCC2(c3cn(C)c4ccccc34)CC2)cc1. The van der Waals surface area contributed by atoms with Gasteiger partial charge in [-0.25, -0.2) is 13.1 Å². The van der Waals surface area contributed by atoms with E-state index in [0.717, 1.165) is 12.8 Å². The fraction of sp³-hybridized carbons (Fsp3) is 0.333. The molecule has 4 rings (SSSR count). The minimum absolute atomic E-state index is 0.112. The van der Waals surface area contributed by atoms with Crippen LogP contribution in [0, 0.1) is 0 Å². The minimum Gasteiger partial charge on any atom is -0.494 e. The maximum atomic E-state index is 12.7. The largest absolute Gasteiger partial charge is 0.494 e. The second-order valence-corrected chi connectivity index (χ2v) is 8.95. The summed E-state index contributed by atoms with van der Waals surface area (Å²) in [4.78, 5) is 0.264. The molecule has 1 aliphatic carbocycles. The quantitative estimate of drug-likeness (QED) is 0.677. The Hall–Kier alpha value is -2.31. The van der Waals surface area contributed by atoms with E-state index in [1.807, 2.05) is 26.1 Å². The van der Waals surface area contributed by atoms with E-state index < -0.39 is 10.0 Å². The Labute approximate surface area is 160 Å². The van der Waals surface area contributed by atoms with Crippen LogP contribution in [-0.4, -0.2) is 26.1 Å². The van der Waals surface area contributed by atoms with Gasteiger partial charge in [-0.1, -0.05) is 18.2 Å². The molecule has 6 heteroatoms. The van der Waals surface area contributed by atoms with Crippen LogP contribution in [0.3, 0.4) is 0 Å². The molecule has 0 amide bonds. The Morgan fingerprint density at radius 2 is 1.81 bits per heavy atom. The summed E-state index contributed by atoms with van der Waals surface area (Å²) in [6, 6.07) is 14.8. The van der Waals surface area contributed by atoms with E-state index in [0.29, 0.717) is 18.9 Å². The Kier molecular flexibility index (Phi) is 4.48. The van der Waals surface area contributed by atoms with Gasteiger partial charge in [0, 0.05) is 36.1 Å². The number of hydrogen-bond donors (Lipinski definition) is 1. The molecule has 0 radical (unpaired) electrons. The predicted molar refractivity (Wildman–Crippen MR) is 107 cm³/mol. The third kappa shape index (κ3) is 3.35. The maximum absolute atomic E-state index is 12.7. The molecule has 3 aromatic rings. The van der Waals surface area contributed by atoms with Gasteiger partial charge in [-0.3, -0.25) is 0 Å². The Morgan fingerprint density at radius 3 is 2.48 bits per heavy atom. The highest BCUT2D eigenvalue weighted by Gasteiger charge is 2.46. The fourth-order valence-corrected chi connectivity index (χ4v) is 4.78. The molecule has 0 spiro atoms. The van der Waals surface area contributed by atoms with Crippen molar-refractivity contribution < 1.29 is 13.2 Å². The summed E-state index contributed by atoms with van der Waals surface area (Å²) < 4.78 is 35.8. The highest BCUT2D eigenvalue weighted by atomic mass is 32.2. The smallest absolute Gasteiger partial charge is 0.240 e. The fourth-order valence-electron chi connectivity index (χ4n) is 3.65. The van der Waals surface area contributed by atoms with E-state index in [2.05, 4.69) is 27.6 Å². The molecule has 0 atom stereocenters. The van der Waals surface area contributed by atoms with Crippen LogP contribution in [0.2, 0.25) is 0 Å². The number of nitrogens with one attached hydrogen (secondary N) is 1. The van der Waals surface area contributed by atoms with Crippen molar-refractivity contribution in [1.82, 2.24) is 9.29 Å². The van der Waals surface area contributed by atoms with Gasteiger partial charge in [-0.05, 0) is 55.7 Å². The summed E-state index contributed by atoms with van der Waals surface area (Å²) >= 11 is 0. The van der Waals surface area contributed by atoms with E-state index in [1.165, 1.54) is 16.5 Å². The first-order valence-corrected chi connectivity index (χ1v) is 10.7. The third-order valence-electron chi connectivity index (χ3n) is 5.37. The lowest BCUT2D eigenvalue weighted by molar-refractivity contribution is 0.340. The summed E-state index contributed by atoms with van der Waals surface area (Å²) in [6.07, 6.45) is 4.13. The first-order chi connectivity index (χ1) is 13.0. The molecule has 0 saturated heterocycles. The molecular formula is C21H24N2O3S. The van der Waals surface area contributed by atoms with Crippen molar-refractivity contribution in [3.8, 4) is 5.75 Å². The van der Waals surface area contributed by atoms with Crippen LogP contribution in [0.25, 0.3) is 10.9 Å². The van der Waals surface area contributed by atoms with Gasteiger partial charge in [0.25, 0.3) is 0 Å². The number of aromatic nitrogens is 1. The lowest BCUT2D eigenvalue weighted by Crippen LogP contribution is -2.32. The van der Waals surface area contributed by atoms with Crippen molar-refractivity contribution in [3.05, 3.63) is 60.3 Å². The molecule has 1 fully saturated rings. The highest BCUT2D eigenvalue weighted by Crippen LogP contribution is 2.50. The molecule has 1 N–H and O–H groups in total. The number of fused-ring (bicyclic) bond motifs is 1. The van der Waals surface area contributed by atoms with Crippen molar-refractivity contribution in [1.29, 1.82) is 0 Å². The first kappa shape index (κ1) is 18.1. The Morgan fingerprint density at radius 1 is 1.11 bits per heavy atom. The summed E-state index contributed by atoms with van der Waals surface area (Å²) in [6.45, 7) is 2.86. The van der Waals surface area contributed by atoms with E-state index in [1.54, 1.807) is 24.3 Å². The summed E-state index contributed by atoms with van der Waals surface area (Å²) in [5, 5.41) is 1.21. The van der Waals surface area contributed by atoms with Gasteiger partial charge >= 0.3 is 0 Å². The summed E-state index contributed by atoms with van der Waals surface area (Å²) in [5.41, 5.74) is 2.29. The average molecular weight is 385 g/mol. The van der Waals surface area contributed by atoms with Crippen LogP contribution < -0.4 is 9.46 Å². The molecule has 1 saturated carbocycles. The standard InChI is InChI=1S/C21H24N2O3S/c1-3-26-16-8-10-17(11-9-16)27(24,25)22-15-21(12-13-21)19-14-23(2)20-7-5-4-6-18(19)20/h4-11,14,22H,3,12-13,15H2,1-2H3. The lowest BCUT2D eigenvalue weighted by atomic mass is 9.96. The molecular weight excluding hydrogens is 360 g/mol. The van der Waals surface area contributed by atoms with Crippen molar-refractivity contribution in [3.63, 3.8) is 0 Å². The molecule has 5 nitrogen and oxygen atoms in total. The molecule has 2 aromatic carbocycles. The van der Waals surface area contributed by atoms with Gasteiger partial charge in [0.1, 0.15) is 5.75 Å². The topological polar surface area (TPSA) is 60.3 Å². The zero-order chi connectivity index (χ0) is 19.1. The first-order valence-electron chi connectivity index (χ1n) is 9.22. The van der Waals surface area contributed by atoms with E-state index in [-0.39, 0.29) is 10.3 Å². The number of aryl methyl sites for hydroxylation is 1. The number of ether oxygens (including phenoxy) is 1. The van der Waals surface area contributed by atoms with Crippen LogP contribution in [0.5, 0.6) is 5.75 Å². The molecule has 1 aromatic heterocycles. The third-order valence-corrected chi connectivity index (χ3v) is 6.78. The van der Waals surface area contributed by atoms with Crippen LogP contribution >= 0.6 is 0 Å². The van der Waals surface area contributed by atoms with Crippen molar-refractivity contribution in [2.45, 2.75) is 30.1 Å². The molecule has 1 heterocycles. The van der Waals surface area contributed by atoms with Gasteiger partial charge in [-0.15, -0.1) is 0 Å². The molecule has 0 unspecified atom stereocenters. The van der Waals surface area contributed by atoms with Crippen LogP contribution in [0.15, 0.2) is 59.6 Å². The zero-order valence-electron chi connectivity index (χ0n) is 15.6. The second kappa shape index (κ2) is 6.69. The minimum atomic E-state index is -3.55. The molecule has 27 heavy (non-hydrogen) atoms. The number of hydrogen-bond acceptors (Lipinski definition) is 3. The number of para-hydroxylation sites is 1. The Balaban J connectivity index is 1.55.